The average molecular weight is 232 g/mol. The van der Waals surface area contributed by atoms with Crippen molar-refractivity contribution in [3.05, 3.63) is 46.4 Å². The molecular formula is C11H6BrN. The van der Waals surface area contributed by atoms with E-state index in [1.807, 2.05) is 36.4 Å². The average Bonchev–Trinajstić information content (AvgIpc) is 2.18. The molecule has 0 N–H and O–H groups in total. The number of hydrogen-bond donors (Lipinski definition) is 0. The molecule has 0 bridgehead atoms. The predicted octanol–water partition coefficient (Wildman–Crippen LogP) is 3.47. The van der Waals surface area contributed by atoms with Gasteiger partial charge in [-0.05, 0) is 29.0 Å². The van der Waals surface area contributed by atoms with Gasteiger partial charge in [0.2, 0.25) is 0 Å². The minimum Gasteiger partial charge on any atom is -0.192 e. The van der Waals surface area contributed by atoms with E-state index >= 15 is 0 Å². The fraction of sp³-hybridized carbons (Fsp3) is 0. The lowest BCUT2D eigenvalue weighted by atomic mass is 10.1. The highest BCUT2D eigenvalue weighted by atomic mass is 79.9. The molecule has 0 unspecified atom stereocenters. The quantitative estimate of drug-likeness (QED) is 0.682. The summed E-state index contributed by atoms with van der Waals surface area (Å²) in [6.45, 7) is 0. The zero-order valence-corrected chi connectivity index (χ0v) is 8.38. The molecule has 2 aromatic rings. The lowest BCUT2D eigenvalue weighted by Gasteiger charge is -1.99. The minimum atomic E-state index is 0.694. The Labute approximate surface area is 84.7 Å². The maximum absolute atomic E-state index is 8.72. The molecule has 0 saturated carbocycles. The molecule has 0 amide bonds. The second-order valence-corrected chi connectivity index (χ2v) is 3.64. The second-order valence-electron chi connectivity index (χ2n) is 2.79. The highest BCUT2D eigenvalue weighted by Crippen LogP contribution is 2.24. The van der Waals surface area contributed by atoms with Crippen LogP contribution in [-0.2, 0) is 0 Å². The molecule has 2 rings (SSSR count). The Balaban J connectivity index is 2.84. The summed E-state index contributed by atoms with van der Waals surface area (Å²) in [4.78, 5) is 0. The first-order chi connectivity index (χ1) is 6.31. The van der Waals surface area contributed by atoms with E-state index in [4.69, 9.17) is 5.26 Å². The number of hydrogen-bond acceptors (Lipinski definition) is 1. The number of nitrogens with zero attached hydrogens (tertiary/aromatic N) is 1. The highest BCUT2D eigenvalue weighted by Gasteiger charge is 1.98. The van der Waals surface area contributed by atoms with Gasteiger partial charge in [-0.1, -0.05) is 34.1 Å². The molecule has 0 fully saturated rings. The van der Waals surface area contributed by atoms with Gasteiger partial charge in [0.05, 0.1) is 11.6 Å². The number of halogens is 1. The summed E-state index contributed by atoms with van der Waals surface area (Å²) in [7, 11) is 0. The third-order valence-corrected chi connectivity index (χ3v) is 2.65. The molecular weight excluding hydrogens is 226 g/mol. The fourth-order valence-corrected chi connectivity index (χ4v) is 1.80. The Morgan fingerprint density at radius 3 is 2.77 bits per heavy atom. The van der Waals surface area contributed by atoms with Gasteiger partial charge in [0, 0.05) is 4.47 Å². The van der Waals surface area contributed by atoms with Crippen molar-refractivity contribution in [2.45, 2.75) is 0 Å². The van der Waals surface area contributed by atoms with Crippen LogP contribution in [0.5, 0.6) is 0 Å². The van der Waals surface area contributed by atoms with Crippen LogP contribution in [0.2, 0.25) is 0 Å². The van der Waals surface area contributed by atoms with Gasteiger partial charge < -0.3 is 0 Å². The largest absolute Gasteiger partial charge is 0.192 e. The van der Waals surface area contributed by atoms with Crippen molar-refractivity contribution >= 4 is 26.7 Å². The minimum absolute atomic E-state index is 0.694. The van der Waals surface area contributed by atoms with Gasteiger partial charge in [-0.2, -0.15) is 5.26 Å². The number of nitriles is 1. The van der Waals surface area contributed by atoms with Crippen LogP contribution in [-0.4, -0.2) is 0 Å². The van der Waals surface area contributed by atoms with Crippen molar-refractivity contribution < 1.29 is 0 Å². The zero-order valence-electron chi connectivity index (χ0n) is 6.79. The van der Waals surface area contributed by atoms with Gasteiger partial charge in [-0.3, -0.25) is 0 Å². The summed E-state index contributed by atoms with van der Waals surface area (Å²) < 4.78 is 1.03. The Hall–Kier alpha value is -1.33. The van der Waals surface area contributed by atoms with Gasteiger partial charge in [0.25, 0.3) is 0 Å². The SMILES string of the molecule is N#Cc1ccc2cccc(Br)c2c1. The third-order valence-electron chi connectivity index (χ3n) is 1.96. The molecule has 13 heavy (non-hydrogen) atoms. The molecule has 0 aliphatic carbocycles. The highest BCUT2D eigenvalue weighted by molar-refractivity contribution is 9.10. The fourth-order valence-electron chi connectivity index (χ4n) is 1.30. The van der Waals surface area contributed by atoms with Crippen LogP contribution in [0.3, 0.4) is 0 Å². The molecule has 1 nitrogen and oxygen atoms in total. The molecule has 0 saturated heterocycles. The lowest BCUT2D eigenvalue weighted by molar-refractivity contribution is 1.49. The Morgan fingerprint density at radius 2 is 2.00 bits per heavy atom. The van der Waals surface area contributed by atoms with Crippen molar-refractivity contribution in [3.8, 4) is 6.07 Å². The summed E-state index contributed by atoms with van der Waals surface area (Å²) in [5.41, 5.74) is 0.694. The van der Waals surface area contributed by atoms with E-state index in [0.29, 0.717) is 5.56 Å². The molecule has 2 heteroatoms. The van der Waals surface area contributed by atoms with Gasteiger partial charge in [0.15, 0.2) is 0 Å². The Morgan fingerprint density at radius 1 is 1.15 bits per heavy atom. The van der Waals surface area contributed by atoms with E-state index in [-0.39, 0.29) is 0 Å². The Kier molecular flexibility index (Phi) is 2.03. The van der Waals surface area contributed by atoms with Crippen LogP contribution in [0.1, 0.15) is 5.56 Å². The molecule has 0 aliphatic heterocycles. The van der Waals surface area contributed by atoms with Crippen LogP contribution >= 0.6 is 15.9 Å². The van der Waals surface area contributed by atoms with Gasteiger partial charge in [-0.25, -0.2) is 0 Å². The second kappa shape index (κ2) is 3.20. The van der Waals surface area contributed by atoms with E-state index in [9.17, 15) is 0 Å². The van der Waals surface area contributed by atoms with Gasteiger partial charge >= 0.3 is 0 Å². The molecule has 2 aromatic carbocycles. The summed E-state index contributed by atoms with van der Waals surface area (Å²) in [5, 5.41) is 11.0. The van der Waals surface area contributed by atoms with Crippen molar-refractivity contribution in [2.75, 3.05) is 0 Å². The first kappa shape index (κ1) is 8.28. The van der Waals surface area contributed by atoms with Crippen molar-refractivity contribution in [3.63, 3.8) is 0 Å². The van der Waals surface area contributed by atoms with E-state index in [2.05, 4.69) is 22.0 Å². The summed E-state index contributed by atoms with van der Waals surface area (Å²) >= 11 is 3.45. The zero-order chi connectivity index (χ0) is 9.26. The Bertz CT molecular complexity index is 497. The van der Waals surface area contributed by atoms with Crippen LogP contribution in [0, 0.1) is 11.3 Å². The molecule has 62 valence electrons. The van der Waals surface area contributed by atoms with Crippen LogP contribution in [0.15, 0.2) is 40.9 Å². The molecule has 0 spiro atoms. The van der Waals surface area contributed by atoms with Crippen molar-refractivity contribution in [1.82, 2.24) is 0 Å². The molecule has 0 heterocycles. The monoisotopic (exact) mass is 231 g/mol. The number of benzene rings is 2. The number of rotatable bonds is 0. The maximum Gasteiger partial charge on any atom is 0.0991 e. The molecule has 0 atom stereocenters. The standard InChI is InChI=1S/C11H6BrN/c12-11-3-1-2-9-5-4-8(7-13)6-10(9)11/h1-6H. The van der Waals surface area contributed by atoms with E-state index in [1.54, 1.807) is 0 Å². The first-order valence-corrected chi connectivity index (χ1v) is 4.69. The molecule has 0 aliphatic rings. The van der Waals surface area contributed by atoms with Gasteiger partial charge in [-0.15, -0.1) is 0 Å². The molecule has 0 radical (unpaired) electrons. The maximum atomic E-state index is 8.72. The van der Waals surface area contributed by atoms with Gasteiger partial charge in [0.1, 0.15) is 0 Å². The van der Waals surface area contributed by atoms with E-state index < -0.39 is 0 Å². The van der Waals surface area contributed by atoms with Crippen molar-refractivity contribution in [1.29, 1.82) is 5.26 Å². The summed E-state index contributed by atoms with van der Waals surface area (Å²) in [6.07, 6.45) is 0. The van der Waals surface area contributed by atoms with Crippen LogP contribution in [0.4, 0.5) is 0 Å². The normalized spacial score (nSPS) is 9.85. The summed E-state index contributed by atoms with van der Waals surface area (Å²) in [6, 6.07) is 13.8. The van der Waals surface area contributed by atoms with E-state index in [1.165, 1.54) is 0 Å². The third kappa shape index (κ3) is 1.43. The summed E-state index contributed by atoms with van der Waals surface area (Å²) in [5.74, 6) is 0. The van der Waals surface area contributed by atoms with Crippen molar-refractivity contribution in [2.24, 2.45) is 0 Å². The van der Waals surface area contributed by atoms with Crippen LogP contribution in [0.25, 0.3) is 10.8 Å². The first-order valence-electron chi connectivity index (χ1n) is 3.89. The lowest BCUT2D eigenvalue weighted by Crippen LogP contribution is -1.77. The topological polar surface area (TPSA) is 23.8 Å². The van der Waals surface area contributed by atoms with Crippen LogP contribution < -0.4 is 0 Å². The molecule has 0 aromatic heterocycles. The predicted molar refractivity (Wildman–Crippen MR) is 56.4 cm³/mol. The number of fused-ring (bicyclic) bond motifs is 1. The smallest absolute Gasteiger partial charge is 0.0991 e. The van der Waals surface area contributed by atoms with E-state index in [0.717, 1.165) is 15.2 Å².